The topological polar surface area (TPSA) is 52.4 Å². The van der Waals surface area contributed by atoms with E-state index in [4.69, 9.17) is 4.74 Å². The largest absolute Gasteiger partial charge is 0.490 e. The van der Waals surface area contributed by atoms with Gasteiger partial charge in [-0.1, -0.05) is 42.5 Å². The molecular formula is C17H17NO3. The molecule has 4 nitrogen and oxygen atoms in total. The molecule has 0 spiro atoms. The molecule has 0 aromatic heterocycles. The highest BCUT2D eigenvalue weighted by Crippen LogP contribution is 2.27. The Morgan fingerprint density at radius 2 is 1.81 bits per heavy atom. The third-order valence-electron chi connectivity index (χ3n) is 2.82. The van der Waals surface area contributed by atoms with E-state index in [1.165, 1.54) is 12.1 Å². The number of nitro benzene ring substituents is 1. The van der Waals surface area contributed by atoms with Crippen molar-refractivity contribution in [2.45, 2.75) is 20.0 Å². The number of nitrogens with zero attached hydrogens (tertiary/aromatic N) is 1. The first kappa shape index (κ1) is 14.8. The molecule has 0 saturated heterocycles. The summed E-state index contributed by atoms with van der Waals surface area (Å²) in [7, 11) is 0. The average Bonchev–Trinajstić information content (AvgIpc) is 2.46. The van der Waals surface area contributed by atoms with E-state index in [9.17, 15) is 10.1 Å². The molecule has 2 aromatic rings. The lowest BCUT2D eigenvalue weighted by Gasteiger charge is -2.12. The molecule has 0 aliphatic rings. The van der Waals surface area contributed by atoms with Crippen LogP contribution < -0.4 is 4.74 Å². The van der Waals surface area contributed by atoms with Crippen LogP contribution in [0.3, 0.4) is 0 Å². The van der Waals surface area contributed by atoms with E-state index >= 15 is 0 Å². The fourth-order valence-corrected chi connectivity index (χ4v) is 1.89. The molecule has 0 radical (unpaired) electrons. The zero-order chi connectivity index (χ0) is 15.2. The highest BCUT2D eigenvalue weighted by atomic mass is 16.6. The zero-order valence-electron chi connectivity index (χ0n) is 12.0. The monoisotopic (exact) mass is 283 g/mol. The summed E-state index contributed by atoms with van der Waals surface area (Å²) in [4.78, 5) is 10.5. The van der Waals surface area contributed by atoms with Gasteiger partial charge >= 0.3 is 0 Å². The zero-order valence-corrected chi connectivity index (χ0v) is 12.0. The molecule has 0 heterocycles. The maximum Gasteiger partial charge on any atom is 0.270 e. The van der Waals surface area contributed by atoms with Crippen LogP contribution in [0, 0.1) is 10.1 Å². The number of ether oxygens (including phenoxy) is 1. The summed E-state index contributed by atoms with van der Waals surface area (Å²) in [6.07, 6.45) is 3.75. The summed E-state index contributed by atoms with van der Waals surface area (Å²) in [6.45, 7) is 3.85. The van der Waals surface area contributed by atoms with Crippen LogP contribution in [0.15, 0.2) is 48.5 Å². The van der Waals surface area contributed by atoms with Gasteiger partial charge in [-0.05, 0) is 25.5 Å². The van der Waals surface area contributed by atoms with Crippen molar-refractivity contribution < 1.29 is 9.66 Å². The number of non-ortho nitro benzene ring substituents is 1. The molecule has 0 bridgehead atoms. The Balaban J connectivity index is 2.36. The first-order chi connectivity index (χ1) is 10.1. The standard InChI is InChI=1S/C17H17NO3/c1-13(2)21-17-11-10-16(18(19)20)12-15(17)9-8-14-6-4-3-5-7-14/h3-13H,1-2H3. The molecular weight excluding hydrogens is 266 g/mol. The van der Waals surface area contributed by atoms with Crippen molar-refractivity contribution in [3.63, 3.8) is 0 Å². The van der Waals surface area contributed by atoms with E-state index in [0.717, 1.165) is 5.56 Å². The van der Waals surface area contributed by atoms with Crippen molar-refractivity contribution in [2.75, 3.05) is 0 Å². The maximum absolute atomic E-state index is 10.9. The molecule has 2 aromatic carbocycles. The van der Waals surface area contributed by atoms with Crippen molar-refractivity contribution in [2.24, 2.45) is 0 Å². The summed E-state index contributed by atoms with van der Waals surface area (Å²) in [6, 6.07) is 14.4. The van der Waals surface area contributed by atoms with Crippen LogP contribution in [0.25, 0.3) is 12.2 Å². The van der Waals surface area contributed by atoms with Crippen molar-refractivity contribution in [1.82, 2.24) is 0 Å². The summed E-state index contributed by atoms with van der Waals surface area (Å²) in [5.41, 5.74) is 1.78. The van der Waals surface area contributed by atoms with Crippen LogP contribution in [0.4, 0.5) is 5.69 Å². The summed E-state index contributed by atoms with van der Waals surface area (Å²) < 4.78 is 5.69. The number of hydrogen-bond acceptors (Lipinski definition) is 3. The summed E-state index contributed by atoms with van der Waals surface area (Å²) in [5, 5.41) is 10.9. The Morgan fingerprint density at radius 3 is 2.43 bits per heavy atom. The first-order valence-corrected chi connectivity index (χ1v) is 6.74. The van der Waals surface area contributed by atoms with E-state index in [0.29, 0.717) is 11.3 Å². The first-order valence-electron chi connectivity index (χ1n) is 6.74. The van der Waals surface area contributed by atoms with Crippen LogP contribution in [-0.4, -0.2) is 11.0 Å². The smallest absolute Gasteiger partial charge is 0.270 e. The molecule has 0 unspecified atom stereocenters. The third kappa shape index (κ3) is 4.18. The van der Waals surface area contributed by atoms with E-state index < -0.39 is 4.92 Å². The van der Waals surface area contributed by atoms with Crippen LogP contribution in [-0.2, 0) is 0 Å². The molecule has 0 aliphatic carbocycles. The summed E-state index contributed by atoms with van der Waals surface area (Å²) in [5.74, 6) is 0.641. The SMILES string of the molecule is CC(C)Oc1ccc([N+](=O)[O-])cc1C=Cc1ccccc1. The Labute approximate surface area is 123 Å². The number of nitro groups is 1. The fourth-order valence-electron chi connectivity index (χ4n) is 1.89. The van der Waals surface area contributed by atoms with Gasteiger partial charge in [-0.15, -0.1) is 0 Å². The van der Waals surface area contributed by atoms with E-state index in [1.807, 2.05) is 56.3 Å². The minimum Gasteiger partial charge on any atom is -0.490 e. The van der Waals surface area contributed by atoms with Crippen LogP contribution >= 0.6 is 0 Å². The fraction of sp³-hybridized carbons (Fsp3) is 0.176. The van der Waals surface area contributed by atoms with Crippen molar-refractivity contribution >= 4 is 17.8 Å². The van der Waals surface area contributed by atoms with Gasteiger partial charge < -0.3 is 4.74 Å². The molecule has 4 heteroatoms. The van der Waals surface area contributed by atoms with Gasteiger partial charge in [-0.2, -0.15) is 0 Å². The highest BCUT2D eigenvalue weighted by molar-refractivity contribution is 5.73. The lowest BCUT2D eigenvalue weighted by molar-refractivity contribution is -0.384. The number of rotatable bonds is 5. The Kier molecular flexibility index (Phi) is 4.72. The molecule has 0 N–H and O–H groups in total. The quantitative estimate of drug-likeness (QED) is 0.459. The lowest BCUT2D eigenvalue weighted by atomic mass is 10.1. The predicted octanol–water partition coefficient (Wildman–Crippen LogP) is 4.55. The van der Waals surface area contributed by atoms with E-state index in [-0.39, 0.29) is 11.8 Å². The molecule has 0 saturated carbocycles. The summed E-state index contributed by atoms with van der Waals surface area (Å²) >= 11 is 0. The van der Waals surface area contributed by atoms with Crippen LogP contribution in [0.1, 0.15) is 25.0 Å². The Hall–Kier alpha value is -2.62. The molecule has 0 amide bonds. The van der Waals surface area contributed by atoms with Gasteiger partial charge in [0.1, 0.15) is 5.75 Å². The minimum absolute atomic E-state index is 0.00957. The van der Waals surface area contributed by atoms with Gasteiger partial charge in [0, 0.05) is 17.7 Å². The van der Waals surface area contributed by atoms with Crippen LogP contribution in [0.5, 0.6) is 5.75 Å². The van der Waals surface area contributed by atoms with Gasteiger partial charge in [0.05, 0.1) is 11.0 Å². The molecule has 0 atom stereocenters. The van der Waals surface area contributed by atoms with Crippen molar-refractivity contribution in [1.29, 1.82) is 0 Å². The molecule has 2 rings (SSSR count). The van der Waals surface area contributed by atoms with Crippen LogP contribution in [0.2, 0.25) is 0 Å². The lowest BCUT2D eigenvalue weighted by Crippen LogP contribution is -2.06. The second kappa shape index (κ2) is 6.70. The minimum atomic E-state index is -0.404. The maximum atomic E-state index is 10.9. The highest BCUT2D eigenvalue weighted by Gasteiger charge is 2.11. The predicted molar refractivity (Wildman–Crippen MR) is 84.2 cm³/mol. The van der Waals surface area contributed by atoms with Crippen molar-refractivity contribution in [3.05, 3.63) is 69.8 Å². The average molecular weight is 283 g/mol. The van der Waals surface area contributed by atoms with E-state index in [1.54, 1.807) is 6.07 Å². The van der Waals surface area contributed by atoms with Gasteiger partial charge in [0.25, 0.3) is 5.69 Å². The van der Waals surface area contributed by atoms with E-state index in [2.05, 4.69) is 0 Å². The second-order valence-electron chi connectivity index (χ2n) is 4.89. The molecule has 0 aliphatic heterocycles. The number of hydrogen-bond donors (Lipinski definition) is 0. The normalized spacial score (nSPS) is 11.0. The van der Waals surface area contributed by atoms with Gasteiger partial charge in [-0.25, -0.2) is 0 Å². The van der Waals surface area contributed by atoms with Crippen molar-refractivity contribution in [3.8, 4) is 5.75 Å². The van der Waals surface area contributed by atoms with Gasteiger partial charge in [0.15, 0.2) is 0 Å². The second-order valence-corrected chi connectivity index (χ2v) is 4.89. The Morgan fingerprint density at radius 1 is 1.10 bits per heavy atom. The molecule has 0 fully saturated rings. The molecule has 21 heavy (non-hydrogen) atoms. The van der Waals surface area contributed by atoms with Gasteiger partial charge in [0.2, 0.25) is 0 Å². The number of benzene rings is 2. The Bertz CT molecular complexity index is 648. The van der Waals surface area contributed by atoms with Gasteiger partial charge in [-0.3, -0.25) is 10.1 Å². The third-order valence-corrected chi connectivity index (χ3v) is 2.82. The molecule has 108 valence electrons.